The van der Waals surface area contributed by atoms with E-state index in [9.17, 15) is 0 Å². The second kappa shape index (κ2) is 3.01. The van der Waals surface area contributed by atoms with Crippen molar-refractivity contribution in [3.8, 4) is 0 Å². The van der Waals surface area contributed by atoms with Crippen molar-refractivity contribution in [2.75, 3.05) is 0 Å². The zero-order chi connectivity index (χ0) is 8.72. The zero-order valence-corrected chi connectivity index (χ0v) is 9.66. The Balaban J connectivity index is 2.98. The Morgan fingerprint density at radius 2 is 2.08 bits per heavy atom. The van der Waals surface area contributed by atoms with Gasteiger partial charge in [-0.05, 0) is 44.0 Å². The summed E-state index contributed by atoms with van der Waals surface area (Å²) in [5.41, 5.74) is 0.842. The molecule has 1 aromatic carbocycles. The predicted molar refractivity (Wildman–Crippen MR) is 56.5 cm³/mol. The molecular weight excluding hydrogens is 307 g/mol. The SMILES string of the molecule is Clc1ccc(Br)c2n[nH]c(Br)c12. The van der Waals surface area contributed by atoms with Gasteiger partial charge >= 0.3 is 0 Å². The van der Waals surface area contributed by atoms with E-state index in [1.54, 1.807) is 0 Å². The van der Waals surface area contributed by atoms with Gasteiger partial charge in [-0.15, -0.1) is 0 Å². The third-order valence-electron chi connectivity index (χ3n) is 1.56. The van der Waals surface area contributed by atoms with Gasteiger partial charge in [-0.1, -0.05) is 11.6 Å². The van der Waals surface area contributed by atoms with Crippen LogP contribution in [0.1, 0.15) is 0 Å². The first-order valence-corrected chi connectivity index (χ1v) is 5.14. The number of halogens is 3. The molecule has 0 radical (unpaired) electrons. The molecule has 0 saturated carbocycles. The Hall–Kier alpha value is -0.0600. The van der Waals surface area contributed by atoms with Crippen molar-refractivity contribution in [1.29, 1.82) is 0 Å². The highest BCUT2D eigenvalue weighted by atomic mass is 79.9. The summed E-state index contributed by atoms with van der Waals surface area (Å²) in [6.07, 6.45) is 0. The predicted octanol–water partition coefficient (Wildman–Crippen LogP) is 3.74. The standard InChI is InChI=1S/C7H3Br2ClN2/c8-3-1-2-4(10)5-6(3)11-12-7(5)9/h1-2H,(H,11,12). The van der Waals surface area contributed by atoms with E-state index in [-0.39, 0.29) is 0 Å². The van der Waals surface area contributed by atoms with Crippen LogP contribution in [0.15, 0.2) is 21.2 Å². The maximum absolute atomic E-state index is 5.96. The highest BCUT2D eigenvalue weighted by Gasteiger charge is 2.09. The van der Waals surface area contributed by atoms with Gasteiger partial charge in [0.25, 0.3) is 0 Å². The van der Waals surface area contributed by atoms with Crippen molar-refractivity contribution in [3.63, 3.8) is 0 Å². The molecular formula is C7H3Br2ClN2. The first kappa shape index (κ1) is 8.53. The van der Waals surface area contributed by atoms with Crippen LogP contribution in [0.2, 0.25) is 5.02 Å². The van der Waals surface area contributed by atoms with Crippen molar-refractivity contribution in [1.82, 2.24) is 10.2 Å². The van der Waals surface area contributed by atoms with Gasteiger partial charge in [0.2, 0.25) is 0 Å². The summed E-state index contributed by atoms with van der Waals surface area (Å²) in [7, 11) is 0. The fourth-order valence-corrected chi connectivity index (χ4v) is 2.29. The van der Waals surface area contributed by atoms with Crippen molar-refractivity contribution in [3.05, 3.63) is 26.2 Å². The zero-order valence-electron chi connectivity index (χ0n) is 5.74. The lowest BCUT2D eigenvalue weighted by molar-refractivity contribution is 1.09. The van der Waals surface area contributed by atoms with E-state index in [4.69, 9.17) is 11.6 Å². The largest absolute Gasteiger partial charge is 0.270 e. The first-order chi connectivity index (χ1) is 5.70. The topological polar surface area (TPSA) is 28.7 Å². The maximum Gasteiger partial charge on any atom is 0.110 e. The molecule has 0 amide bonds. The van der Waals surface area contributed by atoms with Crippen LogP contribution < -0.4 is 0 Å². The van der Waals surface area contributed by atoms with E-state index < -0.39 is 0 Å². The fourth-order valence-electron chi connectivity index (χ4n) is 1.02. The quantitative estimate of drug-likeness (QED) is 0.789. The maximum atomic E-state index is 5.96. The van der Waals surface area contributed by atoms with Gasteiger partial charge in [-0.2, -0.15) is 5.10 Å². The number of rotatable bonds is 0. The van der Waals surface area contributed by atoms with E-state index >= 15 is 0 Å². The van der Waals surface area contributed by atoms with E-state index in [1.165, 1.54) is 0 Å². The van der Waals surface area contributed by atoms with E-state index in [2.05, 4.69) is 42.1 Å². The molecule has 0 unspecified atom stereocenters. The van der Waals surface area contributed by atoms with Gasteiger partial charge in [0.05, 0.1) is 10.4 Å². The van der Waals surface area contributed by atoms with Crippen molar-refractivity contribution < 1.29 is 0 Å². The Kier molecular flexibility index (Phi) is 2.14. The average Bonchev–Trinajstić information content (AvgIpc) is 2.42. The smallest absolute Gasteiger partial charge is 0.110 e. The summed E-state index contributed by atoms with van der Waals surface area (Å²) in [6, 6.07) is 3.70. The number of hydrogen-bond acceptors (Lipinski definition) is 1. The van der Waals surface area contributed by atoms with E-state index in [0.717, 1.165) is 20.0 Å². The summed E-state index contributed by atoms with van der Waals surface area (Å²) in [5.74, 6) is 0. The van der Waals surface area contributed by atoms with Crippen LogP contribution in [0, 0.1) is 0 Å². The molecule has 12 heavy (non-hydrogen) atoms. The van der Waals surface area contributed by atoms with Crippen molar-refractivity contribution in [2.45, 2.75) is 0 Å². The Morgan fingerprint density at radius 1 is 1.33 bits per heavy atom. The number of benzene rings is 1. The molecule has 0 bridgehead atoms. The summed E-state index contributed by atoms with van der Waals surface area (Å²) >= 11 is 12.7. The molecule has 1 N–H and O–H groups in total. The molecule has 2 rings (SSSR count). The van der Waals surface area contributed by atoms with Gasteiger partial charge in [-0.25, -0.2) is 0 Å². The second-order valence-corrected chi connectivity index (χ2v) is 4.34. The number of nitrogens with one attached hydrogen (secondary N) is 1. The Bertz CT molecular complexity index is 438. The number of aromatic amines is 1. The minimum atomic E-state index is 0.689. The summed E-state index contributed by atoms with van der Waals surface area (Å²) in [5, 5.41) is 8.48. The number of H-pyrrole nitrogens is 1. The average molecular weight is 310 g/mol. The summed E-state index contributed by atoms with van der Waals surface area (Å²) in [6.45, 7) is 0. The molecule has 0 aliphatic carbocycles. The Labute approximate surface area is 90.5 Å². The molecule has 0 aliphatic heterocycles. The molecule has 0 spiro atoms. The van der Waals surface area contributed by atoms with Gasteiger partial charge in [-0.3, -0.25) is 5.10 Å². The number of fused-ring (bicyclic) bond motifs is 1. The molecule has 5 heteroatoms. The van der Waals surface area contributed by atoms with Gasteiger partial charge < -0.3 is 0 Å². The lowest BCUT2D eigenvalue weighted by atomic mass is 10.3. The number of aromatic nitrogens is 2. The highest BCUT2D eigenvalue weighted by Crippen LogP contribution is 2.32. The molecule has 62 valence electrons. The van der Waals surface area contributed by atoms with Gasteiger partial charge in [0.1, 0.15) is 10.1 Å². The molecule has 0 fully saturated rings. The third kappa shape index (κ3) is 1.18. The molecule has 1 aromatic heterocycles. The van der Waals surface area contributed by atoms with Gasteiger partial charge in [0.15, 0.2) is 0 Å². The number of nitrogens with zero attached hydrogens (tertiary/aromatic N) is 1. The normalized spacial score (nSPS) is 10.9. The second-order valence-electron chi connectivity index (χ2n) is 2.29. The highest BCUT2D eigenvalue weighted by molar-refractivity contribution is 9.11. The van der Waals surface area contributed by atoms with Crippen LogP contribution in [0.25, 0.3) is 10.9 Å². The molecule has 0 saturated heterocycles. The van der Waals surface area contributed by atoms with Crippen LogP contribution in [-0.2, 0) is 0 Å². The van der Waals surface area contributed by atoms with E-state index in [1.807, 2.05) is 12.1 Å². The lowest BCUT2D eigenvalue weighted by Crippen LogP contribution is -1.72. The number of hydrogen-bond donors (Lipinski definition) is 1. The minimum absolute atomic E-state index is 0.689. The lowest BCUT2D eigenvalue weighted by Gasteiger charge is -1.94. The van der Waals surface area contributed by atoms with Gasteiger partial charge in [0, 0.05) is 4.47 Å². The Morgan fingerprint density at radius 3 is 2.75 bits per heavy atom. The first-order valence-electron chi connectivity index (χ1n) is 3.17. The van der Waals surface area contributed by atoms with Crippen LogP contribution in [0.4, 0.5) is 0 Å². The summed E-state index contributed by atoms with van der Waals surface area (Å²) in [4.78, 5) is 0. The molecule has 0 atom stereocenters. The van der Waals surface area contributed by atoms with Crippen LogP contribution in [0.3, 0.4) is 0 Å². The third-order valence-corrected chi connectivity index (χ3v) is 3.09. The van der Waals surface area contributed by atoms with Crippen LogP contribution >= 0.6 is 43.5 Å². The van der Waals surface area contributed by atoms with Crippen molar-refractivity contribution >= 4 is 54.4 Å². The minimum Gasteiger partial charge on any atom is -0.270 e. The molecule has 0 aliphatic rings. The van der Waals surface area contributed by atoms with Crippen molar-refractivity contribution in [2.24, 2.45) is 0 Å². The summed E-state index contributed by atoms with van der Waals surface area (Å²) < 4.78 is 1.74. The molecule has 2 nitrogen and oxygen atoms in total. The monoisotopic (exact) mass is 308 g/mol. The van der Waals surface area contributed by atoms with Crippen LogP contribution in [0.5, 0.6) is 0 Å². The fraction of sp³-hybridized carbons (Fsp3) is 0. The molecule has 2 aromatic rings. The molecule has 1 heterocycles. The van der Waals surface area contributed by atoms with Crippen LogP contribution in [-0.4, -0.2) is 10.2 Å². The van der Waals surface area contributed by atoms with E-state index in [0.29, 0.717) is 5.02 Å².